The van der Waals surface area contributed by atoms with Crippen LogP contribution in [-0.2, 0) is 6.54 Å². The summed E-state index contributed by atoms with van der Waals surface area (Å²) < 4.78 is 1.78. The topological polar surface area (TPSA) is 56.7 Å². The Bertz CT molecular complexity index is 235. The first kappa shape index (κ1) is 9.54. The van der Waals surface area contributed by atoms with Gasteiger partial charge in [0.15, 0.2) is 0 Å². The van der Waals surface area contributed by atoms with E-state index in [2.05, 4.69) is 23.5 Å². The Labute approximate surface area is 76.5 Å². The van der Waals surface area contributed by atoms with E-state index in [1.54, 1.807) is 16.4 Å². The molecule has 0 bridgehead atoms. The average molecular weight is 186 g/mol. The zero-order valence-electron chi connectivity index (χ0n) is 7.40. The Morgan fingerprint density at radius 2 is 2.50 bits per heavy atom. The van der Waals surface area contributed by atoms with Gasteiger partial charge < -0.3 is 5.73 Å². The van der Waals surface area contributed by atoms with Crippen LogP contribution in [0.2, 0.25) is 0 Å². The second-order valence-electron chi connectivity index (χ2n) is 2.57. The van der Waals surface area contributed by atoms with Crippen LogP contribution in [0.1, 0.15) is 17.9 Å². The zero-order valence-corrected chi connectivity index (χ0v) is 8.21. The van der Waals surface area contributed by atoms with E-state index in [0.29, 0.717) is 11.8 Å². The molecular formula is C7H14N4S. The molecule has 12 heavy (non-hydrogen) atoms. The summed E-state index contributed by atoms with van der Waals surface area (Å²) in [6.07, 6.45) is 4.01. The van der Waals surface area contributed by atoms with Gasteiger partial charge >= 0.3 is 0 Å². The lowest BCUT2D eigenvalue weighted by molar-refractivity contribution is 0.598. The summed E-state index contributed by atoms with van der Waals surface area (Å²) in [6, 6.07) is 0. The maximum absolute atomic E-state index is 5.38. The second kappa shape index (κ2) is 4.47. The number of rotatable bonds is 4. The number of aromatic nitrogens is 3. The van der Waals surface area contributed by atoms with Crippen LogP contribution >= 0.6 is 11.8 Å². The van der Waals surface area contributed by atoms with Crippen LogP contribution in [0, 0.1) is 0 Å². The largest absolute Gasteiger partial charge is 0.329 e. The van der Waals surface area contributed by atoms with Gasteiger partial charge in [-0.25, -0.2) is 0 Å². The van der Waals surface area contributed by atoms with Crippen LogP contribution in [-0.4, -0.2) is 27.8 Å². The van der Waals surface area contributed by atoms with Crippen molar-refractivity contribution < 1.29 is 0 Å². The summed E-state index contributed by atoms with van der Waals surface area (Å²) in [5.41, 5.74) is 6.41. The van der Waals surface area contributed by atoms with Crippen molar-refractivity contribution >= 4 is 11.8 Å². The Morgan fingerprint density at radius 1 is 1.75 bits per heavy atom. The molecule has 0 radical (unpaired) electrons. The highest BCUT2D eigenvalue weighted by atomic mass is 32.2. The minimum atomic E-state index is 0.413. The smallest absolute Gasteiger partial charge is 0.0953 e. The Balaban J connectivity index is 2.63. The van der Waals surface area contributed by atoms with E-state index in [1.165, 1.54) is 0 Å². The molecule has 1 aromatic heterocycles. The molecule has 1 heterocycles. The SMILES string of the molecule is CSC(C)c1cn(CCN)nn1. The molecule has 4 nitrogen and oxygen atoms in total. The van der Waals surface area contributed by atoms with Gasteiger partial charge in [-0.3, -0.25) is 4.68 Å². The van der Waals surface area contributed by atoms with Crippen molar-refractivity contribution in [3.05, 3.63) is 11.9 Å². The van der Waals surface area contributed by atoms with E-state index in [9.17, 15) is 0 Å². The van der Waals surface area contributed by atoms with Crippen LogP contribution in [0.3, 0.4) is 0 Å². The van der Waals surface area contributed by atoms with E-state index in [-0.39, 0.29) is 0 Å². The van der Waals surface area contributed by atoms with Gasteiger partial charge in [0.25, 0.3) is 0 Å². The first-order valence-electron chi connectivity index (χ1n) is 3.90. The maximum atomic E-state index is 5.38. The molecule has 1 rings (SSSR count). The second-order valence-corrected chi connectivity index (χ2v) is 3.75. The summed E-state index contributed by atoms with van der Waals surface area (Å²) in [6.45, 7) is 3.46. The molecule has 1 atom stereocenters. The Kier molecular flexibility index (Phi) is 3.55. The molecule has 5 heteroatoms. The number of hydrogen-bond donors (Lipinski definition) is 1. The fourth-order valence-corrected chi connectivity index (χ4v) is 1.21. The van der Waals surface area contributed by atoms with Gasteiger partial charge in [0.2, 0.25) is 0 Å². The Hall–Kier alpha value is -0.550. The fourth-order valence-electron chi connectivity index (χ4n) is 0.862. The van der Waals surface area contributed by atoms with E-state index in [4.69, 9.17) is 5.73 Å². The molecule has 0 aromatic carbocycles. The standard InChI is InChI=1S/C7H14N4S/c1-6(12-2)7-5-11(4-3-8)10-9-7/h5-6H,3-4,8H2,1-2H3. The monoisotopic (exact) mass is 186 g/mol. The predicted molar refractivity (Wildman–Crippen MR) is 51.0 cm³/mol. The molecule has 0 fully saturated rings. The number of nitrogens with zero attached hydrogens (tertiary/aromatic N) is 3. The van der Waals surface area contributed by atoms with Crippen LogP contribution in [0.4, 0.5) is 0 Å². The van der Waals surface area contributed by atoms with Crippen molar-refractivity contribution in [2.45, 2.75) is 18.7 Å². The van der Waals surface area contributed by atoms with Crippen LogP contribution < -0.4 is 5.73 Å². The van der Waals surface area contributed by atoms with Gasteiger partial charge in [0, 0.05) is 18.0 Å². The van der Waals surface area contributed by atoms with Gasteiger partial charge in [-0.2, -0.15) is 11.8 Å². The summed E-state index contributed by atoms with van der Waals surface area (Å²) in [7, 11) is 0. The quantitative estimate of drug-likeness (QED) is 0.750. The zero-order chi connectivity index (χ0) is 8.97. The molecule has 0 saturated heterocycles. The molecule has 1 aromatic rings. The third-order valence-electron chi connectivity index (χ3n) is 1.68. The van der Waals surface area contributed by atoms with Crippen LogP contribution in [0.5, 0.6) is 0 Å². The van der Waals surface area contributed by atoms with Crippen molar-refractivity contribution in [3.8, 4) is 0 Å². The summed E-state index contributed by atoms with van der Waals surface area (Å²) >= 11 is 1.76. The van der Waals surface area contributed by atoms with Crippen LogP contribution in [0.25, 0.3) is 0 Å². The van der Waals surface area contributed by atoms with Gasteiger partial charge in [-0.15, -0.1) is 5.10 Å². The molecule has 0 spiro atoms. The molecule has 0 saturated carbocycles. The lowest BCUT2D eigenvalue weighted by atomic mass is 10.4. The van der Waals surface area contributed by atoms with Gasteiger partial charge in [-0.1, -0.05) is 5.21 Å². The van der Waals surface area contributed by atoms with Gasteiger partial charge in [0.1, 0.15) is 0 Å². The maximum Gasteiger partial charge on any atom is 0.0953 e. The van der Waals surface area contributed by atoms with Crippen molar-refractivity contribution in [1.29, 1.82) is 0 Å². The van der Waals surface area contributed by atoms with Crippen molar-refractivity contribution in [2.75, 3.05) is 12.8 Å². The van der Waals surface area contributed by atoms with Gasteiger partial charge in [-0.05, 0) is 13.2 Å². The van der Waals surface area contributed by atoms with E-state index in [0.717, 1.165) is 12.2 Å². The highest BCUT2D eigenvalue weighted by Gasteiger charge is 2.07. The van der Waals surface area contributed by atoms with Crippen molar-refractivity contribution in [2.24, 2.45) is 5.73 Å². The lowest BCUT2D eigenvalue weighted by Crippen LogP contribution is -2.10. The van der Waals surface area contributed by atoms with Crippen molar-refractivity contribution in [3.63, 3.8) is 0 Å². The lowest BCUT2D eigenvalue weighted by Gasteiger charge is -2.00. The molecule has 0 aliphatic heterocycles. The van der Waals surface area contributed by atoms with E-state index >= 15 is 0 Å². The summed E-state index contributed by atoms with van der Waals surface area (Å²) in [5, 5.41) is 8.40. The molecule has 0 aliphatic rings. The van der Waals surface area contributed by atoms with Crippen molar-refractivity contribution in [1.82, 2.24) is 15.0 Å². The normalized spacial score (nSPS) is 13.2. The molecule has 2 N–H and O–H groups in total. The third-order valence-corrected chi connectivity index (χ3v) is 2.63. The Morgan fingerprint density at radius 3 is 3.08 bits per heavy atom. The van der Waals surface area contributed by atoms with E-state index < -0.39 is 0 Å². The minimum Gasteiger partial charge on any atom is -0.329 e. The molecule has 1 unspecified atom stereocenters. The predicted octanol–water partition coefficient (Wildman–Crippen LogP) is 0.661. The highest BCUT2D eigenvalue weighted by molar-refractivity contribution is 7.98. The number of nitrogens with two attached hydrogens (primary N) is 1. The molecule has 68 valence electrons. The van der Waals surface area contributed by atoms with E-state index in [1.807, 2.05) is 6.20 Å². The first-order valence-corrected chi connectivity index (χ1v) is 5.19. The summed E-state index contributed by atoms with van der Waals surface area (Å²) in [4.78, 5) is 0. The fraction of sp³-hybridized carbons (Fsp3) is 0.714. The molecule has 0 aliphatic carbocycles. The first-order chi connectivity index (χ1) is 5.77. The number of hydrogen-bond acceptors (Lipinski definition) is 4. The molecule has 0 amide bonds. The molecular weight excluding hydrogens is 172 g/mol. The summed E-state index contributed by atoms with van der Waals surface area (Å²) in [5.74, 6) is 0. The number of thioether (sulfide) groups is 1. The third kappa shape index (κ3) is 2.22. The minimum absolute atomic E-state index is 0.413. The average Bonchev–Trinajstić information content (AvgIpc) is 2.52. The van der Waals surface area contributed by atoms with Gasteiger partial charge in [0.05, 0.1) is 12.2 Å². The highest BCUT2D eigenvalue weighted by Crippen LogP contribution is 2.22. The van der Waals surface area contributed by atoms with Crippen LogP contribution in [0.15, 0.2) is 6.20 Å².